The first-order chi connectivity index (χ1) is 10.4. The Labute approximate surface area is 128 Å². The molecule has 1 saturated carbocycles. The van der Waals surface area contributed by atoms with Gasteiger partial charge in [-0.2, -0.15) is 0 Å². The van der Waals surface area contributed by atoms with Gasteiger partial charge in [0.25, 0.3) is 0 Å². The molecule has 0 radical (unpaired) electrons. The Bertz CT molecular complexity index is 795. The van der Waals surface area contributed by atoms with Crippen LogP contribution in [0.1, 0.15) is 17.0 Å². The Kier molecular flexibility index (Phi) is 3.60. The number of aldehydes is 1. The Morgan fingerprint density at radius 3 is 2.14 bits per heavy atom. The van der Waals surface area contributed by atoms with Gasteiger partial charge in [-0.25, -0.2) is 12.8 Å². The van der Waals surface area contributed by atoms with Gasteiger partial charge in [0.1, 0.15) is 12.1 Å². The SMILES string of the molecule is Cc1ccc(S(=O)(=O)[C@@H]2[C@@H](C=O)[C@@H]2c2ccc(F)cc2)cc1. The molecule has 0 saturated heterocycles. The highest BCUT2D eigenvalue weighted by Gasteiger charge is 2.58. The summed E-state index contributed by atoms with van der Waals surface area (Å²) in [5.41, 5.74) is 1.65. The van der Waals surface area contributed by atoms with Gasteiger partial charge in [0.15, 0.2) is 9.84 Å². The second-order valence-corrected chi connectivity index (χ2v) is 7.72. The molecule has 114 valence electrons. The van der Waals surface area contributed by atoms with Crippen molar-refractivity contribution in [3.05, 3.63) is 65.5 Å². The Morgan fingerprint density at radius 2 is 1.59 bits per heavy atom. The summed E-state index contributed by atoms with van der Waals surface area (Å²) >= 11 is 0. The normalized spacial score (nSPS) is 24.0. The van der Waals surface area contributed by atoms with Crippen molar-refractivity contribution in [1.29, 1.82) is 0 Å². The molecule has 22 heavy (non-hydrogen) atoms. The zero-order valence-electron chi connectivity index (χ0n) is 11.9. The molecule has 5 heteroatoms. The summed E-state index contributed by atoms with van der Waals surface area (Å²) in [5.74, 6) is -1.36. The average molecular weight is 318 g/mol. The molecule has 3 nitrogen and oxygen atoms in total. The second-order valence-electron chi connectivity index (χ2n) is 5.61. The fourth-order valence-electron chi connectivity index (χ4n) is 2.85. The number of hydrogen-bond donors (Lipinski definition) is 0. The molecule has 2 aromatic rings. The molecule has 3 atom stereocenters. The number of benzene rings is 2. The standard InChI is InChI=1S/C17H15FO3S/c1-11-2-8-14(9-3-11)22(20,21)17-15(10-19)16(17)12-4-6-13(18)7-5-12/h2-10,15-17H,1H3/t15-,16-,17+/m0/s1. The highest BCUT2D eigenvalue weighted by molar-refractivity contribution is 7.92. The quantitative estimate of drug-likeness (QED) is 0.815. The fourth-order valence-corrected chi connectivity index (χ4v) is 4.96. The van der Waals surface area contributed by atoms with Gasteiger partial charge in [-0.3, -0.25) is 0 Å². The van der Waals surface area contributed by atoms with Crippen molar-refractivity contribution in [2.45, 2.75) is 23.0 Å². The van der Waals surface area contributed by atoms with Gasteiger partial charge in [0.05, 0.1) is 10.1 Å². The third-order valence-electron chi connectivity index (χ3n) is 4.13. The highest BCUT2D eigenvalue weighted by Crippen LogP contribution is 2.52. The summed E-state index contributed by atoms with van der Waals surface area (Å²) in [4.78, 5) is 11.4. The van der Waals surface area contributed by atoms with Crippen LogP contribution in [0.4, 0.5) is 4.39 Å². The molecule has 0 bridgehead atoms. The molecule has 2 aromatic carbocycles. The molecule has 3 rings (SSSR count). The number of halogens is 1. The van der Waals surface area contributed by atoms with Crippen LogP contribution >= 0.6 is 0 Å². The van der Waals surface area contributed by atoms with Crippen LogP contribution in [0.25, 0.3) is 0 Å². The van der Waals surface area contributed by atoms with Gasteiger partial charge in [0.2, 0.25) is 0 Å². The minimum atomic E-state index is -3.58. The summed E-state index contributed by atoms with van der Waals surface area (Å²) in [6.45, 7) is 1.88. The fraction of sp³-hybridized carbons (Fsp3) is 0.235. The summed E-state index contributed by atoms with van der Waals surface area (Å²) in [7, 11) is -3.58. The molecule has 0 aromatic heterocycles. The van der Waals surface area contributed by atoms with Crippen molar-refractivity contribution in [3.63, 3.8) is 0 Å². The van der Waals surface area contributed by atoms with Gasteiger partial charge in [-0.1, -0.05) is 29.8 Å². The van der Waals surface area contributed by atoms with Crippen LogP contribution in [0.3, 0.4) is 0 Å². The minimum Gasteiger partial charge on any atom is -0.303 e. The van der Waals surface area contributed by atoms with E-state index in [1.54, 1.807) is 36.4 Å². The first-order valence-corrected chi connectivity index (χ1v) is 8.51. The monoisotopic (exact) mass is 318 g/mol. The zero-order chi connectivity index (χ0) is 15.9. The average Bonchev–Trinajstić information content (AvgIpc) is 3.24. The van der Waals surface area contributed by atoms with E-state index in [1.165, 1.54) is 12.1 Å². The predicted molar refractivity (Wildman–Crippen MR) is 80.8 cm³/mol. The van der Waals surface area contributed by atoms with Gasteiger partial charge in [-0.15, -0.1) is 0 Å². The van der Waals surface area contributed by atoms with Crippen LogP contribution in [0.15, 0.2) is 53.4 Å². The van der Waals surface area contributed by atoms with Crippen molar-refractivity contribution in [2.75, 3.05) is 0 Å². The Hall–Kier alpha value is -2.01. The van der Waals surface area contributed by atoms with E-state index in [-0.39, 0.29) is 10.7 Å². The van der Waals surface area contributed by atoms with E-state index < -0.39 is 26.9 Å². The molecule has 0 N–H and O–H groups in total. The predicted octanol–water partition coefficient (Wildman–Crippen LogP) is 2.89. The van der Waals surface area contributed by atoms with Crippen LogP contribution < -0.4 is 0 Å². The lowest BCUT2D eigenvalue weighted by Crippen LogP contribution is -2.11. The Balaban J connectivity index is 1.95. The number of aryl methyl sites for hydroxylation is 1. The van der Waals surface area contributed by atoms with Gasteiger partial charge < -0.3 is 4.79 Å². The lowest BCUT2D eigenvalue weighted by Gasteiger charge is -2.05. The maximum absolute atomic E-state index is 13.0. The molecular weight excluding hydrogens is 303 g/mol. The van der Waals surface area contributed by atoms with Crippen molar-refractivity contribution in [2.24, 2.45) is 5.92 Å². The van der Waals surface area contributed by atoms with Crippen LogP contribution in [-0.4, -0.2) is 20.0 Å². The van der Waals surface area contributed by atoms with Crippen molar-refractivity contribution in [1.82, 2.24) is 0 Å². The van der Waals surface area contributed by atoms with Crippen LogP contribution in [0, 0.1) is 18.7 Å². The highest BCUT2D eigenvalue weighted by atomic mass is 32.2. The molecule has 0 amide bonds. The van der Waals surface area contributed by atoms with E-state index in [0.717, 1.165) is 5.56 Å². The minimum absolute atomic E-state index is 0.222. The third kappa shape index (κ3) is 2.46. The number of rotatable bonds is 4. The molecule has 0 aliphatic heterocycles. The molecule has 0 heterocycles. The maximum Gasteiger partial charge on any atom is 0.182 e. The number of carbonyl (C=O) groups is 1. The molecular formula is C17H15FO3S. The van der Waals surface area contributed by atoms with Crippen molar-refractivity contribution >= 4 is 16.1 Å². The molecule has 0 unspecified atom stereocenters. The van der Waals surface area contributed by atoms with Gasteiger partial charge in [-0.05, 0) is 36.8 Å². The first kappa shape index (κ1) is 14.9. The van der Waals surface area contributed by atoms with E-state index in [9.17, 15) is 17.6 Å². The van der Waals surface area contributed by atoms with E-state index in [2.05, 4.69) is 0 Å². The lowest BCUT2D eigenvalue weighted by molar-refractivity contribution is -0.108. The van der Waals surface area contributed by atoms with Crippen LogP contribution in [-0.2, 0) is 14.6 Å². The van der Waals surface area contributed by atoms with Crippen LogP contribution in [0.2, 0.25) is 0 Å². The summed E-state index contributed by atoms with van der Waals surface area (Å²) < 4.78 is 38.4. The van der Waals surface area contributed by atoms with E-state index in [4.69, 9.17) is 0 Å². The molecule has 1 fully saturated rings. The Morgan fingerprint density at radius 1 is 1.00 bits per heavy atom. The second kappa shape index (κ2) is 5.32. The lowest BCUT2D eigenvalue weighted by atomic mass is 10.1. The number of sulfone groups is 1. The summed E-state index contributed by atoms with van der Waals surface area (Å²) in [6, 6.07) is 12.2. The summed E-state index contributed by atoms with van der Waals surface area (Å²) in [6.07, 6.45) is 0.685. The first-order valence-electron chi connectivity index (χ1n) is 6.96. The number of carbonyl (C=O) groups excluding carboxylic acids is 1. The maximum atomic E-state index is 13.0. The van der Waals surface area contributed by atoms with E-state index in [1.807, 2.05) is 6.92 Å². The molecule has 0 spiro atoms. The summed E-state index contributed by atoms with van der Waals surface area (Å²) in [5, 5.41) is -0.766. The smallest absolute Gasteiger partial charge is 0.182 e. The topological polar surface area (TPSA) is 51.2 Å². The largest absolute Gasteiger partial charge is 0.303 e. The number of hydrogen-bond acceptors (Lipinski definition) is 3. The van der Waals surface area contributed by atoms with E-state index >= 15 is 0 Å². The molecule has 1 aliphatic rings. The van der Waals surface area contributed by atoms with Gasteiger partial charge in [0, 0.05) is 11.8 Å². The van der Waals surface area contributed by atoms with Crippen molar-refractivity contribution < 1.29 is 17.6 Å². The van der Waals surface area contributed by atoms with Crippen LogP contribution in [0.5, 0.6) is 0 Å². The van der Waals surface area contributed by atoms with Gasteiger partial charge >= 0.3 is 0 Å². The van der Waals surface area contributed by atoms with E-state index in [0.29, 0.717) is 11.8 Å². The van der Waals surface area contributed by atoms with Crippen molar-refractivity contribution in [3.8, 4) is 0 Å². The molecule has 1 aliphatic carbocycles. The third-order valence-corrected chi connectivity index (χ3v) is 6.38. The zero-order valence-corrected chi connectivity index (χ0v) is 12.8.